The normalized spacial score (nSPS) is 16.6. The first-order valence-electron chi connectivity index (χ1n) is 4.98. The van der Waals surface area contributed by atoms with E-state index in [1.54, 1.807) is 0 Å². The van der Waals surface area contributed by atoms with Gasteiger partial charge in [-0.2, -0.15) is 13.2 Å². The first-order valence-corrected chi connectivity index (χ1v) is 4.98. The second-order valence-corrected chi connectivity index (χ2v) is 4.16. The van der Waals surface area contributed by atoms with Gasteiger partial charge in [-0.15, -0.1) is 0 Å². The average Bonchev–Trinajstić information content (AvgIpc) is 2.91. The average molecular weight is 233 g/mol. The molecule has 0 saturated heterocycles. The molecule has 0 aromatic heterocycles. The molecular formula is C11H11F4N. The van der Waals surface area contributed by atoms with Gasteiger partial charge in [-0.25, -0.2) is 4.39 Å². The summed E-state index contributed by atoms with van der Waals surface area (Å²) < 4.78 is 52.0. The lowest BCUT2D eigenvalue weighted by Crippen LogP contribution is -2.14. The molecule has 0 amide bonds. The third-order valence-electron chi connectivity index (χ3n) is 2.79. The first-order chi connectivity index (χ1) is 7.32. The van der Waals surface area contributed by atoms with Gasteiger partial charge in [0, 0.05) is 5.56 Å². The molecule has 0 spiro atoms. The maximum atomic E-state index is 13.6. The van der Waals surface area contributed by atoms with Crippen molar-refractivity contribution in [1.29, 1.82) is 0 Å². The Kier molecular flexibility index (Phi) is 2.36. The highest BCUT2D eigenvalue weighted by Gasteiger charge is 2.41. The van der Waals surface area contributed by atoms with Crippen LogP contribution in [-0.4, -0.2) is 0 Å². The van der Waals surface area contributed by atoms with Crippen molar-refractivity contribution in [3.8, 4) is 0 Å². The number of hydrogen-bond acceptors (Lipinski definition) is 1. The molecule has 0 heterocycles. The minimum atomic E-state index is -4.52. The lowest BCUT2D eigenvalue weighted by atomic mass is 9.96. The molecule has 1 aliphatic carbocycles. The summed E-state index contributed by atoms with van der Waals surface area (Å²) in [4.78, 5) is 0. The summed E-state index contributed by atoms with van der Waals surface area (Å²) in [7, 11) is 0. The van der Waals surface area contributed by atoms with E-state index in [1.165, 1.54) is 6.92 Å². The van der Waals surface area contributed by atoms with Crippen LogP contribution >= 0.6 is 0 Å². The zero-order valence-electron chi connectivity index (χ0n) is 8.66. The Labute approximate surface area is 90.3 Å². The van der Waals surface area contributed by atoms with E-state index in [0.717, 1.165) is 6.07 Å². The quantitative estimate of drug-likeness (QED) is 0.582. The van der Waals surface area contributed by atoms with Crippen LogP contribution in [-0.2, 0) is 6.18 Å². The Bertz CT molecular complexity index is 433. The van der Waals surface area contributed by atoms with E-state index in [-0.39, 0.29) is 22.7 Å². The Morgan fingerprint density at radius 1 is 1.31 bits per heavy atom. The summed E-state index contributed by atoms with van der Waals surface area (Å²) in [5, 5.41) is 0. The van der Waals surface area contributed by atoms with E-state index in [4.69, 9.17) is 5.73 Å². The summed E-state index contributed by atoms with van der Waals surface area (Å²) in [5.74, 6) is -1.22. The SMILES string of the molecule is Cc1cc(N)c(F)c(C2CC2)c1C(F)(F)F. The van der Waals surface area contributed by atoms with Crippen molar-refractivity contribution in [3.05, 3.63) is 28.6 Å². The third-order valence-corrected chi connectivity index (χ3v) is 2.79. The number of rotatable bonds is 1. The molecule has 88 valence electrons. The number of nitrogen functional groups attached to an aromatic ring is 1. The van der Waals surface area contributed by atoms with Gasteiger partial charge in [0.05, 0.1) is 11.3 Å². The molecular weight excluding hydrogens is 222 g/mol. The molecule has 1 aromatic rings. The van der Waals surface area contributed by atoms with E-state index < -0.39 is 17.6 Å². The minimum Gasteiger partial charge on any atom is -0.396 e. The Morgan fingerprint density at radius 2 is 1.88 bits per heavy atom. The molecule has 1 aromatic carbocycles. The molecule has 0 radical (unpaired) electrons. The van der Waals surface area contributed by atoms with Gasteiger partial charge in [-0.05, 0) is 37.3 Å². The fourth-order valence-corrected chi connectivity index (χ4v) is 1.98. The van der Waals surface area contributed by atoms with Crippen LogP contribution in [0.1, 0.15) is 35.4 Å². The van der Waals surface area contributed by atoms with E-state index in [0.29, 0.717) is 12.8 Å². The topological polar surface area (TPSA) is 26.0 Å². The predicted octanol–water partition coefficient (Wildman–Crippen LogP) is 3.61. The van der Waals surface area contributed by atoms with Gasteiger partial charge in [0.25, 0.3) is 0 Å². The smallest absolute Gasteiger partial charge is 0.396 e. The summed E-state index contributed by atoms with van der Waals surface area (Å²) in [6, 6.07) is 1.05. The van der Waals surface area contributed by atoms with Crippen molar-refractivity contribution in [2.75, 3.05) is 5.73 Å². The van der Waals surface area contributed by atoms with Gasteiger partial charge in [0.1, 0.15) is 5.82 Å². The van der Waals surface area contributed by atoms with Crippen molar-refractivity contribution in [2.24, 2.45) is 0 Å². The standard InChI is InChI=1S/C11H11F4N/c1-5-4-7(16)10(12)8(6-2-3-6)9(5)11(13,14)15/h4,6H,2-3,16H2,1H3. The van der Waals surface area contributed by atoms with Gasteiger partial charge in [0.15, 0.2) is 0 Å². The van der Waals surface area contributed by atoms with Crippen molar-refractivity contribution in [1.82, 2.24) is 0 Å². The largest absolute Gasteiger partial charge is 0.417 e. The van der Waals surface area contributed by atoms with E-state index in [1.807, 2.05) is 0 Å². The minimum absolute atomic E-state index is 0.00620. The molecule has 1 aliphatic rings. The van der Waals surface area contributed by atoms with Gasteiger partial charge >= 0.3 is 6.18 Å². The molecule has 1 saturated carbocycles. The molecule has 16 heavy (non-hydrogen) atoms. The van der Waals surface area contributed by atoms with E-state index in [2.05, 4.69) is 0 Å². The van der Waals surface area contributed by atoms with Crippen LogP contribution in [0.3, 0.4) is 0 Å². The summed E-state index contributed by atoms with van der Waals surface area (Å²) in [6.07, 6.45) is -3.32. The van der Waals surface area contributed by atoms with Gasteiger partial charge in [-0.1, -0.05) is 0 Å². The van der Waals surface area contributed by atoms with Crippen molar-refractivity contribution in [3.63, 3.8) is 0 Å². The summed E-state index contributed by atoms with van der Waals surface area (Å²) >= 11 is 0. The third kappa shape index (κ3) is 1.74. The molecule has 5 heteroatoms. The number of benzene rings is 1. The van der Waals surface area contributed by atoms with Crippen molar-refractivity contribution < 1.29 is 17.6 Å². The molecule has 1 nitrogen and oxygen atoms in total. The Balaban J connectivity index is 2.70. The van der Waals surface area contributed by atoms with Crippen molar-refractivity contribution in [2.45, 2.75) is 31.9 Å². The number of anilines is 1. The van der Waals surface area contributed by atoms with Gasteiger partial charge in [0.2, 0.25) is 0 Å². The van der Waals surface area contributed by atoms with Crippen LogP contribution in [0.15, 0.2) is 6.07 Å². The van der Waals surface area contributed by atoms with Gasteiger partial charge < -0.3 is 5.73 Å². The lowest BCUT2D eigenvalue weighted by Gasteiger charge is -2.17. The fraction of sp³-hybridized carbons (Fsp3) is 0.455. The first kappa shape index (κ1) is 11.2. The number of nitrogens with two attached hydrogens (primary N) is 1. The number of alkyl halides is 3. The molecule has 0 atom stereocenters. The zero-order valence-corrected chi connectivity index (χ0v) is 8.66. The maximum absolute atomic E-state index is 13.6. The van der Waals surface area contributed by atoms with Crippen LogP contribution in [0, 0.1) is 12.7 Å². The van der Waals surface area contributed by atoms with Crippen LogP contribution in [0.25, 0.3) is 0 Å². The Morgan fingerprint density at radius 3 is 2.31 bits per heavy atom. The van der Waals surface area contributed by atoms with Crippen LogP contribution in [0.2, 0.25) is 0 Å². The second kappa shape index (κ2) is 3.37. The Hall–Kier alpha value is -1.26. The second-order valence-electron chi connectivity index (χ2n) is 4.16. The van der Waals surface area contributed by atoms with Gasteiger partial charge in [-0.3, -0.25) is 0 Å². The zero-order chi connectivity index (χ0) is 12.1. The summed E-state index contributed by atoms with van der Waals surface area (Å²) in [6.45, 7) is 1.31. The van der Waals surface area contributed by atoms with Crippen LogP contribution < -0.4 is 5.73 Å². The highest BCUT2D eigenvalue weighted by atomic mass is 19.4. The van der Waals surface area contributed by atoms with Crippen molar-refractivity contribution >= 4 is 5.69 Å². The van der Waals surface area contributed by atoms with Crippen LogP contribution in [0.4, 0.5) is 23.2 Å². The highest BCUT2D eigenvalue weighted by molar-refractivity contribution is 5.54. The molecule has 2 N–H and O–H groups in total. The summed E-state index contributed by atoms with van der Waals surface area (Å²) in [5.41, 5.74) is 4.06. The lowest BCUT2D eigenvalue weighted by molar-refractivity contribution is -0.138. The molecule has 0 bridgehead atoms. The predicted molar refractivity (Wildman–Crippen MR) is 52.5 cm³/mol. The van der Waals surface area contributed by atoms with E-state index in [9.17, 15) is 17.6 Å². The molecule has 0 aliphatic heterocycles. The number of halogens is 4. The van der Waals surface area contributed by atoms with E-state index >= 15 is 0 Å². The maximum Gasteiger partial charge on any atom is 0.417 e. The van der Waals surface area contributed by atoms with Crippen LogP contribution in [0.5, 0.6) is 0 Å². The monoisotopic (exact) mass is 233 g/mol. The fourth-order valence-electron chi connectivity index (χ4n) is 1.98. The molecule has 1 fully saturated rings. The number of aryl methyl sites for hydroxylation is 1. The highest BCUT2D eigenvalue weighted by Crippen LogP contribution is 2.49. The number of hydrogen-bond donors (Lipinski definition) is 1. The molecule has 2 rings (SSSR count). The molecule has 0 unspecified atom stereocenters.